The number of carbonyl (C=O) groups is 1. The third-order valence-corrected chi connectivity index (χ3v) is 4.83. The fourth-order valence-electron chi connectivity index (χ4n) is 3.51. The second-order valence-electron chi connectivity index (χ2n) is 6.25. The summed E-state index contributed by atoms with van der Waals surface area (Å²) in [5.41, 5.74) is 3.60. The SMILES string of the molecule is CCn1ccc(C(=O)NC2c3ccccc3-c3ccccc32)c(O)c1=O. The van der Waals surface area contributed by atoms with Gasteiger partial charge in [0, 0.05) is 12.7 Å². The highest BCUT2D eigenvalue weighted by molar-refractivity contribution is 5.97. The van der Waals surface area contributed by atoms with Crippen molar-refractivity contribution in [2.24, 2.45) is 0 Å². The monoisotopic (exact) mass is 346 g/mol. The fourth-order valence-corrected chi connectivity index (χ4v) is 3.51. The molecule has 3 aromatic rings. The zero-order valence-electron chi connectivity index (χ0n) is 14.3. The lowest BCUT2D eigenvalue weighted by Crippen LogP contribution is -2.30. The molecule has 0 spiro atoms. The summed E-state index contributed by atoms with van der Waals surface area (Å²) in [4.78, 5) is 24.9. The number of aromatic hydroxyl groups is 1. The van der Waals surface area contributed by atoms with Gasteiger partial charge >= 0.3 is 0 Å². The minimum absolute atomic E-state index is 0.0124. The molecule has 1 aliphatic rings. The molecule has 26 heavy (non-hydrogen) atoms. The van der Waals surface area contributed by atoms with Gasteiger partial charge in [-0.1, -0.05) is 48.5 Å². The standard InChI is InChI=1S/C21H18N2O3/c1-2-23-12-11-17(19(24)21(23)26)20(25)22-18-15-9-5-3-7-13(15)14-8-4-6-10-16(14)18/h3-12,18,24H,2H2,1H3,(H,22,25). The van der Waals surface area contributed by atoms with E-state index in [2.05, 4.69) is 5.32 Å². The van der Waals surface area contributed by atoms with E-state index in [4.69, 9.17) is 0 Å². The molecule has 1 amide bonds. The van der Waals surface area contributed by atoms with Crippen LogP contribution in [0.2, 0.25) is 0 Å². The first-order valence-electron chi connectivity index (χ1n) is 8.53. The molecule has 130 valence electrons. The number of benzene rings is 2. The number of nitrogens with zero attached hydrogens (tertiary/aromatic N) is 1. The zero-order valence-corrected chi connectivity index (χ0v) is 14.3. The largest absolute Gasteiger partial charge is 0.502 e. The van der Waals surface area contributed by atoms with Gasteiger partial charge in [-0.05, 0) is 35.2 Å². The average molecular weight is 346 g/mol. The van der Waals surface area contributed by atoms with Gasteiger partial charge in [-0.15, -0.1) is 0 Å². The molecule has 0 aliphatic heterocycles. The van der Waals surface area contributed by atoms with Crippen LogP contribution in [0.15, 0.2) is 65.6 Å². The van der Waals surface area contributed by atoms with Crippen molar-refractivity contribution in [3.05, 3.63) is 87.8 Å². The van der Waals surface area contributed by atoms with E-state index in [-0.39, 0.29) is 11.6 Å². The molecule has 0 radical (unpaired) electrons. The Labute approximate surface area is 150 Å². The molecule has 0 fully saturated rings. The van der Waals surface area contributed by atoms with Crippen LogP contribution in [-0.4, -0.2) is 15.6 Å². The van der Waals surface area contributed by atoms with Crippen molar-refractivity contribution in [1.29, 1.82) is 0 Å². The molecule has 1 aliphatic carbocycles. The molecule has 0 unspecified atom stereocenters. The van der Waals surface area contributed by atoms with E-state index in [1.54, 1.807) is 6.92 Å². The lowest BCUT2D eigenvalue weighted by molar-refractivity contribution is 0.0940. The van der Waals surface area contributed by atoms with Crippen molar-refractivity contribution in [2.75, 3.05) is 0 Å². The normalized spacial score (nSPS) is 12.5. The lowest BCUT2D eigenvalue weighted by atomic mass is 10.0. The molecule has 1 heterocycles. The summed E-state index contributed by atoms with van der Waals surface area (Å²) in [6.07, 6.45) is 1.52. The molecular formula is C21H18N2O3. The number of rotatable bonds is 3. The minimum atomic E-state index is -0.563. The van der Waals surface area contributed by atoms with Gasteiger partial charge in [-0.2, -0.15) is 0 Å². The minimum Gasteiger partial charge on any atom is -0.502 e. The van der Waals surface area contributed by atoms with Crippen molar-refractivity contribution in [2.45, 2.75) is 19.5 Å². The van der Waals surface area contributed by atoms with Crippen LogP contribution < -0.4 is 10.9 Å². The average Bonchev–Trinajstić information content (AvgIpc) is 2.98. The van der Waals surface area contributed by atoms with Crippen LogP contribution in [0.5, 0.6) is 5.75 Å². The first kappa shape index (κ1) is 16.1. The number of fused-ring (bicyclic) bond motifs is 3. The van der Waals surface area contributed by atoms with E-state index >= 15 is 0 Å². The first-order chi connectivity index (χ1) is 12.6. The Morgan fingerprint density at radius 2 is 1.62 bits per heavy atom. The Balaban J connectivity index is 1.73. The third-order valence-electron chi connectivity index (χ3n) is 4.83. The number of pyridine rings is 1. The predicted molar refractivity (Wildman–Crippen MR) is 99.2 cm³/mol. The molecule has 5 nitrogen and oxygen atoms in total. The molecule has 0 saturated carbocycles. The molecule has 0 atom stereocenters. The predicted octanol–water partition coefficient (Wildman–Crippen LogP) is 3.07. The van der Waals surface area contributed by atoms with Gasteiger partial charge in [-0.25, -0.2) is 0 Å². The van der Waals surface area contributed by atoms with Crippen LogP contribution >= 0.6 is 0 Å². The van der Waals surface area contributed by atoms with Crippen LogP contribution in [0.25, 0.3) is 11.1 Å². The van der Waals surface area contributed by atoms with E-state index in [0.717, 1.165) is 22.3 Å². The number of amides is 1. The Morgan fingerprint density at radius 3 is 2.19 bits per heavy atom. The number of carbonyl (C=O) groups excluding carboxylic acids is 1. The Bertz CT molecular complexity index is 1020. The third kappa shape index (κ3) is 2.40. The lowest BCUT2D eigenvalue weighted by Gasteiger charge is -2.16. The van der Waals surface area contributed by atoms with Crippen LogP contribution in [-0.2, 0) is 6.54 Å². The maximum Gasteiger partial charge on any atom is 0.293 e. The molecule has 1 aromatic heterocycles. The molecule has 0 saturated heterocycles. The highest BCUT2D eigenvalue weighted by Crippen LogP contribution is 2.43. The topological polar surface area (TPSA) is 71.3 Å². The van der Waals surface area contributed by atoms with Crippen LogP contribution in [0.3, 0.4) is 0 Å². The Kier molecular flexibility index (Phi) is 3.84. The zero-order chi connectivity index (χ0) is 18.3. The van der Waals surface area contributed by atoms with E-state index in [9.17, 15) is 14.7 Å². The number of hydrogen-bond acceptors (Lipinski definition) is 3. The van der Waals surface area contributed by atoms with Crippen LogP contribution in [0.1, 0.15) is 34.5 Å². The maximum atomic E-state index is 12.8. The molecular weight excluding hydrogens is 328 g/mol. The van der Waals surface area contributed by atoms with Gasteiger partial charge in [0.05, 0.1) is 11.6 Å². The van der Waals surface area contributed by atoms with Gasteiger partial charge < -0.3 is 15.0 Å². The summed E-state index contributed by atoms with van der Waals surface area (Å²) in [5, 5.41) is 13.1. The first-order valence-corrected chi connectivity index (χ1v) is 8.53. The number of nitrogens with one attached hydrogen (secondary N) is 1. The summed E-state index contributed by atoms with van der Waals surface area (Å²) in [6.45, 7) is 2.23. The summed E-state index contributed by atoms with van der Waals surface area (Å²) in [5.74, 6) is -0.995. The van der Waals surface area contributed by atoms with Crippen molar-refractivity contribution < 1.29 is 9.90 Å². The Morgan fingerprint density at radius 1 is 1.04 bits per heavy atom. The summed E-state index contributed by atoms with van der Waals surface area (Å²) < 4.78 is 1.35. The van der Waals surface area contributed by atoms with Gasteiger partial charge in [-0.3, -0.25) is 9.59 Å². The van der Waals surface area contributed by atoms with Gasteiger partial charge in [0.25, 0.3) is 11.5 Å². The van der Waals surface area contributed by atoms with Gasteiger partial charge in [0.15, 0.2) is 5.75 Å². The number of aryl methyl sites for hydroxylation is 1. The van der Waals surface area contributed by atoms with Crippen molar-refractivity contribution in [1.82, 2.24) is 9.88 Å². The Hall–Kier alpha value is -3.34. The van der Waals surface area contributed by atoms with Gasteiger partial charge in [0.2, 0.25) is 0 Å². The van der Waals surface area contributed by atoms with E-state index in [0.29, 0.717) is 6.54 Å². The second-order valence-corrected chi connectivity index (χ2v) is 6.25. The van der Waals surface area contributed by atoms with Gasteiger partial charge in [0.1, 0.15) is 0 Å². The maximum absolute atomic E-state index is 12.8. The second kappa shape index (κ2) is 6.19. The quantitative estimate of drug-likeness (QED) is 0.766. The number of aromatic nitrogens is 1. The smallest absolute Gasteiger partial charge is 0.293 e. The van der Waals surface area contributed by atoms with E-state index in [1.165, 1.54) is 16.8 Å². The highest BCUT2D eigenvalue weighted by atomic mass is 16.3. The molecule has 2 N–H and O–H groups in total. The van der Waals surface area contributed by atoms with Crippen LogP contribution in [0, 0.1) is 0 Å². The van der Waals surface area contributed by atoms with Crippen LogP contribution in [0.4, 0.5) is 0 Å². The van der Waals surface area contributed by atoms with E-state index in [1.807, 2.05) is 48.5 Å². The number of hydrogen-bond donors (Lipinski definition) is 2. The molecule has 2 aromatic carbocycles. The molecule has 0 bridgehead atoms. The van der Waals surface area contributed by atoms with Crippen molar-refractivity contribution in [3.63, 3.8) is 0 Å². The fraction of sp³-hybridized carbons (Fsp3) is 0.143. The van der Waals surface area contributed by atoms with Crippen molar-refractivity contribution >= 4 is 5.91 Å². The van der Waals surface area contributed by atoms with Crippen molar-refractivity contribution in [3.8, 4) is 16.9 Å². The summed E-state index contributed by atoms with van der Waals surface area (Å²) >= 11 is 0. The summed E-state index contributed by atoms with van der Waals surface area (Å²) in [7, 11) is 0. The molecule has 4 rings (SSSR count). The van der Waals surface area contributed by atoms with E-state index < -0.39 is 17.2 Å². The molecule has 5 heteroatoms. The highest BCUT2D eigenvalue weighted by Gasteiger charge is 2.30. The summed E-state index contributed by atoms with van der Waals surface area (Å²) in [6, 6.07) is 17.0.